The Kier molecular flexibility index (Phi) is 6.00. The highest BCUT2D eigenvalue weighted by Gasteiger charge is 2.22. The lowest BCUT2D eigenvalue weighted by Gasteiger charge is -2.36. The van der Waals surface area contributed by atoms with Crippen LogP contribution in [-0.4, -0.2) is 52.7 Å². The smallest absolute Gasteiger partial charge is 0.260 e. The van der Waals surface area contributed by atoms with E-state index in [1.165, 1.54) is 40.7 Å². The Bertz CT molecular complexity index is 1130. The first-order chi connectivity index (χ1) is 15.2. The molecular formula is C23H26N4O2S2. The molecule has 1 N–H and O–H groups in total. The minimum absolute atomic E-state index is 0.0594. The van der Waals surface area contributed by atoms with E-state index in [0.717, 1.165) is 55.7 Å². The van der Waals surface area contributed by atoms with Crippen molar-refractivity contribution in [2.24, 2.45) is 0 Å². The number of carbonyl (C=O) groups excluding carboxylic acids is 1. The zero-order chi connectivity index (χ0) is 21.2. The number of benzene rings is 1. The van der Waals surface area contributed by atoms with Gasteiger partial charge in [0.05, 0.1) is 11.1 Å². The standard InChI is InChI=1S/C23H26N4O2S2/c28-19(27-13-11-26(12-14-27)16-7-3-1-4-8-16)15-30-23-24-21(29)20-17-9-5-2-6-10-18(17)31-22(20)25-23/h1,3-4,7-8H,2,5-6,9-15H2,(H,24,25,29). The number of carbonyl (C=O) groups is 1. The molecule has 0 spiro atoms. The average molecular weight is 455 g/mol. The first kappa shape index (κ1) is 20.6. The van der Waals surface area contributed by atoms with Crippen molar-refractivity contribution in [2.75, 3.05) is 36.8 Å². The van der Waals surface area contributed by atoms with Gasteiger partial charge in [0, 0.05) is 36.7 Å². The number of fused-ring (bicyclic) bond motifs is 3. The zero-order valence-corrected chi connectivity index (χ0v) is 19.1. The molecule has 3 heterocycles. The molecule has 5 rings (SSSR count). The molecule has 0 bridgehead atoms. The van der Waals surface area contributed by atoms with Gasteiger partial charge in [-0.3, -0.25) is 9.59 Å². The van der Waals surface area contributed by atoms with E-state index in [1.54, 1.807) is 11.3 Å². The second-order valence-electron chi connectivity index (χ2n) is 8.11. The van der Waals surface area contributed by atoms with Gasteiger partial charge in [0.2, 0.25) is 5.91 Å². The van der Waals surface area contributed by atoms with Crippen LogP contribution < -0.4 is 10.5 Å². The Morgan fingerprint density at radius 3 is 2.65 bits per heavy atom. The van der Waals surface area contributed by atoms with Crippen LogP contribution >= 0.6 is 23.1 Å². The topological polar surface area (TPSA) is 69.3 Å². The SMILES string of the molecule is O=C(CSc1nc2sc3c(c2c(=O)[nH]1)CCCCC3)N1CCN(c2ccccc2)CC1. The van der Waals surface area contributed by atoms with Crippen molar-refractivity contribution in [1.29, 1.82) is 0 Å². The molecule has 8 heteroatoms. The highest BCUT2D eigenvalue weighted by molar-refractivity contribution is 7.99. The molecule has 31 heavy (non-hydrogen) atoms. The van der Waals surface area contributed by atoms with Crippen molar-refractivity contribution >= 4 is 44.9 Å². The van der Waals surface area contributed by atoms with E-state index in [0.29, 0.717) is 10.9 Å². The summed E-state index contributed by atoms with van der Waals surface area (Å²) < 4.78 is 0. The summed E-state index contributed by atoms with van der Waals surface area (Å²) in [4.78, 5) is 39.5. The molecule has 2 aliphatic rings. The van der Waals surface area contributed by atoms with Crippen molar-refractivity contribution < 1.29 is 4.79 Å². The second-order valence-corrected chi connectivity index (χ2v) is 10.2. The number of hydrogen-bond donors (Lipinski definition) is 1. The van der Waals surface area contributed by atoms with Gasteiger partial charge in [-0.25, -0.2) is 4.98 Å². The van der Waals surface area contributed by atoms with E-state index in [9.17, 15) is 9.59 Å². The van der Waals surface area contributed by atoms with Crippen LogP contribution in [0.15, 0.2) is 40.3 Å². The minimum atomic E-state index is -0.0594. The number of thioether (sulfide) groups is 1. The maximum Gasteiger partial charge on any atom is 0.260 e. The van der Waals surface area contributed by atoms with E-state index < -0.39 is 0 Å². The fourth-order valence-corrected chi connectivity index (χ4v) is 6.55. The normalized spacial score (nSPS) is 16.9. The first-order valence-electron chi connectivity index (χ1n) is 10.9. The number of rotatable bonds is 4. The lowest BCUT2D eigenvalue weighted by atomic mass is 10.1. The molecule has 0 radical (unpaired) electrons. The van der Waals surface area contributed by atoms with Crippen LogP contribution in [0.3, 0.4) is 0 Å². The Morgan fingerprint density at radius 1 is 1.06 bits per heavy atom. The van der Waals surface area contributed by atoms with Crippen LogP contribution in [0.5, 0.6) is 0 Å². The van der Waals surface area contributed by atoms with Gasteiger partial charge in [0.25, 0.3) is 5.56 Å². The molecule has 1 fully saturated rings. The number of H-pyrrole nitrogens is 1. The predicted octanol–water partition coefficient (Wildman–Crippen LogP) is 3.69. The summed E-state index contributed by atoms with van der Waals surface area (Å²) in [6, 6.07) is 10.3. The van der Waals surface area contributed by atoms with Crippen LogP contribution in [0.25, 0.3) is 10.2 Å². The van der Waals surface area contributed by atoms with E-state index in [-0.39, 0.29) is 11.5 Å². The number of aromatic nitrogens is 2. The summed E-state index contributed by atoms with van der Waals surface area (Å²) in [7, 11) is 0. The molecule has 162 valence electrons. The number of nitrogens with one attached hydrogen (secondary N) is 1. The molecule has 1 aromatic carbocycles. The largest absolute Gasteiger partial charge is 0.368 e. The van der Waals surface area contributed by atoms with Crippen molar-refractivity contribution in [3.05, 3.63) is 51.1 Å². The molecule has 1 aliphatic carbocycles. The molecule has 1 amide bonds. The maximum atomic E-state index is 12.8. The van der Waals surface area contributed by atoms with Gasteiger partial charge < -0.3 is 14.8 Å². The van der Waals surface area contributed by atoms with E-state index >= 15 is 0 Å². The quantitative estimate of drug-likeness (QED) is 0.370. The zero-order valence-electron chi connectivity index (χ0n) is 17.4. The minimum Gasteiger partial charge on any atom is -0.368 e. The van der Waals surface area contributed by atoms with Crippen LogP contribution in [0.2, 0.25) is 0 Å². The molecule has 0 atom stereocenters. The number of hydrogen-bond acceptors (Lipinski definition) is 6. The molecule has 0 saturated carbocycles. The first-order valence-corrected chi connectivity index (χ1v) is 12.7. The predicted molar refractivity (Wildman–Crippen MR) is 127 cm³/mol. The Morgan fingerprint density at radius 2 is 1.84 bits per heavy atom. The van der Waals surface area contributed by atoms with Crippen molar-refractivity contribution in [2.45, 2.75) is 37.3 Å². The maximum absolute atomic E-state index is 12.8. The number of anilines is 1. The summed E-state index contributed by atoms with van der Waals surface area (Å²) in [5.74, 6) is 0.396. The van der Waals surface area contributed by atoms with Crippen molar-refractivity contribution in [3.8, 4) is 0 Å². The number of thiophene rings is 1. The Labute approximate surface area is 189 Å². The highest BCUT2D eigenvalue weighted by atomic mass is 32.2. The summed E-state index contributed by atoms with van der Waals surface area (Å²) in [6.07, 6.45) is 5.57. The number of nitrogens with zero attached hydrogens (tertiary/aromatic N) is 3. The lowest BCUT2D eigenvalue weighted by Crippen LogP contribution is -2.49. The third-order valence-corrected chi connectivity index (χ3v) is 8.18. The van der Waals surface area contributed by atoms with Gasteiger partial charge >= 0.3 is 0 Å². The van der Waals surface area contributed by atoms with Gasteiger partial charge in [-0.1, -0.05) is 36.4 Å². The van der Waals surface area contributed by atoms with Crippen LogP contribution in [-0.2, 0) is 17.6 Å². The monoisotopic (exact) mass is 454 g/mol. The van der Waals surface area contributed by atoms with Crippen molar-refractivity contribution in [3.63, 3.8) is 0 Å². The van der Waals surface area contributed by atoms with Crippen LogP contribution in [0.4, 0.5) is 5.69 Å². The van der Waals surface area contributed by atoms with Gasteiger partial charge in [0.15, 0.2) is 5.16 Å². The fourth-order valence-electron chi connectivity index (χ4n) is 4.46. The van der Waals surface area contributed by atoms with Gasteiger partial charge in [-0.05, 0) is 43.4 Å². The Hall–Kier alpha value is -2.32. The number of para-hydroxylation sites is 1. The second kappa shape index (κ2) is 9.04. The van der Waals surface area contributed by atoms with E-state index in [1.807, 2.05) is 23.1 Å². The van der Waals surface area contributed by atoms with Crippen LogP contribution in [0.1, 0.15) is 29.7 Å². The van der Waals surface area contributed by atoms with Gasteiger partial charge in [-0.2, -0.15) is 0 Å². The van der Waals surface area contributed by atoms with Gasteiger partial charge in [0.1, 0.15) is 4.83 Å². The highest BCUT2D eigenvalue weighted by Crippen LogP contribution is 2.33. The molecule has 1 saturated heterocycles. The average Bonchev–Trinajstić information content (AvgIpc) is 3.00. The molecule has 0 unspecified atom stereocenters. The van der Waals surface area contributed by atoms with E-state index in [2.05, 4.69) is 27.0 Å². The lowest BCUT2D eigenvalue weighted by molar-refractivity contribution is -0.128. The fraction of sp³-hybridized carbons (Fsp3) is 0.435. The third-order valence-electron chi connectivity index (χ3n) is 6.14. The molecule has 3 aromatic rings. The molecular weight excluding hydrogens is 428 g/mol. The summed E-state index contributed by atoms with van der Waals surface area (Å²) >= 11 is 2.99. The van der Waals surface area contributed by atoms with Crippen molar-refractivity contribution in [1.82, 2.24) is 14.9 Å². The summed E-state index contributed by atoms with van der Waals surface area (Å²) in [5.41, 5.74) is 2.35. The Balaban J connectivity index is 1.22. The number of aryl methyl sites for hydroxylation is 2. The molecule has 1 aliphatic heterocycles. The number of aromatic amines is 1. The van der Waals surface area contributed by atoms with Crippen LogP contribution in [0, 0.1) is 0 Å². The molecule has 2 aromatic heterocycles. The number of piperazine rings is 1. The van der Waals surface area contributed by atoms with Gasteiger partial charge in [-0.15, -0.1) is 11.3 Å². The van der Waals surface area contributed by atoms with E-state index in [4.69, 9.17) is 0 Å². The number of amides is 1. The third kappa shape index (κ3) is 4.36. The molecule has 6 nitrogen and oxygen atoms in total. The summed E-state index contributed by atoms with van der Waals surface area (Å²) in [6.45, 7) is 3.11. The summed E-state index contributed by atoms with van der Waals surface area (Å²) in [5, 5.41) is 1.32.